The first-order valence-corrected chi connectivity index (χ1v) is 11.3. The molecule has 1 saturated heterocycles. The van der Waals surface area contributed by atoms with E-state index in [1.54, 1.807) is 0 Å². The average Bonchev–Trinajstić information content (AvgIpc) is 3.55. The fourth-order valence-electron chi connectivity index (χ4n) is 6.99. The SMILES string of the molecule is N#CN1[C@@H]2[C@H]([C@H]3C=C[C@H]2C3)C2(c3ccccc3-c3ccccc32)N1c1ccc(Cl)cc1. The molecule has 3 aromatic carbocycles. The Bertz CT molecular complexity index is 1240. The molecule has 3 aromatic rings. The van der Waals surface area contributed by atoms with Gasteiger partial charge in [0.05, 0.1) is 11.7 Å². The first kappa shape index (κ1) is 17.5. The molecule has 4 atom stereocenters. The average molecular weight is 422 g/mol. The van der Waals surface area contributed by atoms with Crippen molar-refractivity contribution >= 4 is 17.3 Å². The summed E-state index contributed by atoms with van der Waals surface area (Å²) in [5.41, 5.74) is 5.77. The summed E-state index contributed by atoms with van der Waals surface area (Å²) < 4.78 is 0. The summed E-state index contributed by atoms with van der Waals surface area (Å²) >= 11 is 6.25. The number of hydrazine groups is 1. The Kier molecular flexibility index (Phi) is 3.34. The highest BCUT2D eigenvalue weighted by molar-refractivity contribution is 6.30. The molecule has 150 valence electrons. The minimum absolute atomic E-state index is 0.162. The van der Waals surface area contributed by atoms with Gasteiger partial charge in [-0.25, -0.2) is 5.01 Å². The molecule has 3 nitrogen and oxygen atoms in total. The van der Waals surface area contributed by atoms with Crippen LogP contribution in [0.5, 0.6) is 0 Å². The number of nitriles is 1. The number of halogens is 1. The first-order chi connectivity index (χ1) is 15.2. The zero-order valence-electron chi connectivity index (χ0n) is 16.8. The molecule has 0 aromatic heterocycles. The van der Waals surface area contributed by atoms with Crippen molar-refractivity contribution in [3.05, 3.63) is 101 Å². The van der Waals surface area contributed by atoms with Crippen LogP contribution in [0.25, 0.3) is 11.1 Å². The summed E-state index contributed by atoms with van der Waals surface area (Å²) in [7, 11) is 0. The van der Waals surface area contributed by atoms with Gasteiger partial charge < -0.3 is 0 Å². The van der Waals surface area contributed by atoms with E-state index < -0.39 is 5.54 Å². The van der Waals surface area contributed by atoms with Crippen LogP contribution in [0.3, 0.4) is 0 Å². The lowest BCUT2D eigenvalue weighted by Crippen LogP contribution is -2.50. The number of rotatable bonds is 1. The van der Waals surface area contributed by atoms with Crippen LogP contribution >= 0.6 is 11.6 Å². The maximum atomic E-state index is 10.5. The van der Waals surface area contributed by atoms with Crippen LogP contribution in [0, 0.1) is 29.2 Å². The van der Waals surface area contributed by atoms with Crippen molar-refractivity contribution in [2.75, 3.05) is 5.01 Å². The zero-order valence-corrected chi connectivity index (χ0v) is 17.6. The maximum Gasteiger partial charge on any atom is 0.200 e. The fraction of sp³-hybridized carbons (Fsp3) is 0.222. The van der Waals surface area contributed by atoms with Crippen LogP contribution in [-0.2, 0) is 5.54 Å². The maximum absolute atomic E-state index is 10.5. The van der Waals surface area contributed by atoms with Crippen LogP contribution in [0.15, 0.2) is 84.9 Å². The lowest BCUT2D eigenvalue weighted by molar-refractivity contribution is 0.278. The van der Waals surface area contributed by atoms with Gasteiger partial charge in [-0.3, -0.25) is 5.01 Å². The number of nitrogens with zero attached hydrogens (tertiary/aromatic N) is 3. The van der Waals surface area contributed by atoms with Gasteiger partial charge in [-0.2, -0.15) is 5.26 Å². The van der Waals surface area contributed by atoms with E-state index in [9.17, 15) is 5.26 Å². The van der Waals surface area contributed by atoms with Gasteiger partial charge in [0.1, 0.15) is 5.54 Å². The van der Waals surface area contributed by atoms with Gasteiger partial charge in [0.2, 0.25) is 0 Å². The Labute approximate surface area is 186 Å². The van der Waals surface area contributed by atoms with E-state index in [0.717, 1.165) is 12.1 Å². The predicted molar refractivity (Wildman–Crippen MR) is 122 cm³/mol. The van der Waals surface area contributed by atoms with Crippen molar-refractivity contribution in [3.63, 3.8) is 0 Å². The third-order valence-corrected chi connectivity index (χ3v) is 8.12. The van der Waals surface area contributed by atoms with E-state index in [1.807, 2.05) is 29.3 Å². The second-order valence-corrected chi connectivity index (χ2v) is 9.49. The minimum atomic E-state index is -0.411. The number of anilines is 1. The molecule has 1 saturated carbocycles. The number of allylic oxidation sites excluding steroid dienone is 1. The van der Waals surface area contributed by atoms with Gasteiger partial charge >= 0.3 is 0 Å². The molecule has 4 heteroatoms. The smallest absolute Gasteiger partial charge is 0.200 e. The fourth-order valence-corrected chi connectivity index (χ4v) is 7.11. The van der Waals surface area contributed by atoms with Gasteiger partial charge in [-0.05, 0) is 58.9 Å². The van der Waals surface area contributed by atoms with Crippen molar-refractivity contribution < 1.29 is 0 Å². The van der Waals surface area contributed by atoms with Crippen molar-refractivity contribution in [1.82, 2.24) is 5.01 Å². The lowest BCUT2D eigenvalue weighted by Gasteiger charge is -2.43. The zero-order chi connectivity index (χ0) is 20.7. The van der Waals surface area contributed by atoms with Gasteiger partial charge in [-0.1, -0.05) is 72.3 Å². The third kappa shape index (κ3) is 1.95. The highest BCUT2D eigenvalue weighted by Crippen LogP contribution is 2.67. The summed E-state index contributed by atoms with van der Waals surface area (Å²) in [6, 6.07) is 25.6. The Morgan fingerprint density at radius 1 is 0.839 bits per heavy atom. The number of benzene rings is 3. The van der Waals surface area contributed by atoms with Gasteiger partial charge in [0, 0.05) is 16.9 Å². The molecule has 0 amide bonds. The van der Waals surface area contributed by atoms with Crippen LogP contribution in [0.1, 0.15) is 17.5 Å². The Morgan fingerprint density at radius 2 is 1.45 bits per heavy atom. The lowest BCUT2D eigenvalue weighted by atomic mass is 9.69. The van der Waals surface area contributed by atoms with Crippen LogP contribution in [0.4, 0.5) is 5.69 Å². The molecule has 0 radical (unpaired) electrons. The van der Waals surface area contributed by atoms with Crippen LogP contribution in [-0.4, -0.2) is 11.1 Å². The molecule has 1 spiro atoms. The summed E-state index contributed by atoms with van der Waals surface area (Å²) in [6.45, 7) is 0. The van der Waals surface area contributed by atoms with Gasteiger partial charge in [0.25, 0.3) is 0 Å². The highest BCUT2D eigenvalue weighted by atomic mass is 35.5. The second-order valence-electron chi connectivity index (χ2n) is 9.06. The van der Waals surface area contributed by atoms with E-state index in [-0.39, 0.29) is 6.04 Å². The normalized spacial score (nSPS) is 28.0. The predicted octanol–water partition coefficient (Wildman–Crippen LogP) is 5.97. The minimum Gasteiger partial charge on any atom is -0.261 e. The first-order valence-electron chi connectivity index (χ1n) is 10.9. The molecule has 0 unspecified atom stereocenters. The van der Waals surface area contributed by atoms with Crippen LogP contribution < -0.4 is 5.01 Å². The van der Waals surface area contributed by atoms with Crippen molar-refractivity contribution in [2.24, 2.45) is 17.8 Å². The Balaban J connectivity index is 1.60. The standard InChI is InChI=1S/C27H20ClN3/c28-19-11-13-20(14-12-19)31-27(25-17-9-10-18(15-17)26(25)30(31)16-29)23-7-3-1-5-21(23)22-6-2-4-8-24(22)27/h1-14,17-18,25-26H,15H2/t17-,18-,25-,26-/m0/s1. The topological polar surface area (TPSA) is 30.3 Å². The molecule has 1 heterocycles. The molecule has 0 N–H and O–H groups in total. The van der Waals surface area contributed by atoms with E-state index in [2.05, 4.69) is 71.9 Å². The molecular formula is C27H20ClN3. The summed E-state index contributed by atoms with van der Waals surface area (Å²) in [5.74, 6) is 1.17. The number of fused-ring (bicyclic) bond motifs is 11. The quantitative estimate of drug-likeness (QED) is 0.358. The Hall–Kier alpha value is -3.22. The summed E-state index contributed by atoms with van der Waals surface area (Å²) in [6.07, 6.45) is 8.46. The van der Waals surface area contributed by atoms with E-state index >= 15 is 0 Å². The molecular weight excluding hydrogens is 402 g/mol. The van der Waals surface area contributed by atoms with Crippen LogP contribution in [0.2, 0.25) is 5.02 Å². The third-order valence-electron chi connectivity index (χ3n) is 7.87. The number of hydrogen-bond acceptors (Lipinski definition) is 3. The molecule has 3 aliphatic carbocycles. The highest BCUT2D eigenvalue weighted by Gasteiger charge is 2.69. The molecule has 2 bridgehead atoms. The largest absolute Gasteiger partial charge is 0.261 e. The van der Waals surface area contributed by atoms with Crippen molar-refractivity contribution in [1.29, 1.82) is 5.26 Å². The summed E-state index contributed by atoms with van der Waals surface area (Å²) in [5, 5.41) is 15.4. The van der Waals surface area contributed by atoms with Crippen molar-refractivity contribution in [2.45, 2.75) is 18.0 Å². The second kappa shape index (κ2) is 5.93. The van der Waals surface area contributed by atoms with Gasteiger partial charge in [-0.15, -0.1) is 0 Å². The van der Waals surface area contributed by atoms with E-state index in [0.29, 0.717) is 22.8 Å². The molecule has 7 rings (SSSR count). The van der Waals surface area contributed by atoms with Crippen molar-refractivity contribution in [3.8, 4) is 17.3 Å². The molecule has 1 aliphatic heterocycles. The molecule has 2 fully saturated rings. The van der Waals surface area contributed by atoms with E-state index in [1.165, 1.54) is 22.3 Å². The summed E-state index contributed by atoms with van der Waals surface area (Å²) in [4.78, 5) is 0. The van der Waals surface area contributed by atoms with E-state index in [4.69, 9.17) is 11.6 Å². The molecule has 31 heavy (non-hydrogen) atoms. The number of hydrogen-bond donors (Lipinski definition) is 0. The van der Waals surface area contributed by atoms with Gasteiger partial charge in [0.15, 0.2) is 6.19 Å². The molecule has 4 aliphatic rings. The monoisotopic (exact) mass is 421 g/mol. The Morgan fingerprint density at radius 3 is 2.10 bits per heavy atom.